The molecule has 136 valence electrons. The molecule has 1 aromatic carbocycles. The molecule has 4 aromatic rings. The number of nitrogens with zero attached hydrogens (tertiary/aromatic N) is 3. The summed E-state index contributed by atoms with van der Waals surface area (Å²) in [7, 11) is 1.60. The van der Waals surface area contributed by atoms with Crippen molar-refractivity contribution in [3.63, 3.8) is 0 Å². The first-order chi connectivity index (χ1) is 13.1. The molecule has 1 amide bonds. The molecular weight excluding hydrogens is 362 g/mol. The minimum absolute atomic E-state index is 0.154. The number of hydrogen-bond donors (Lipinski definition) is 0. The molecule has 4 rings (SSSR count). The molecule has 0 aliphatic rings. The summed E-state index contributed by atoms with van der Waals surface area (Å²) in [5, 5.41) is 0.456. The number of thiophene rings is 1. The molecule has 0 saturated carbocycles. The maximum absolute atomic E-state index is 13.1. The van der Waals surface area contributed by atoms with Gasteiger partial charge in [-0.1, -0.05) is 6.07 Å². The maximum Gasteiger partial charge on any atom is 0.268 e. The van der Waals surface area contributed by atoms with E-state index in [1.165, 1.54) is 15.7 Å². The Hall–Kier alpha value is -3.19. The second kappa shape index (κ2) is 6.85. The van der Waals surface area contributed by atoms with E-state index in [0.717, 1.165) is 11.4 Å². The van der Waals surface area contributed by atoms with E-state index < -0.39 is 0 Å². The molecule has 6 nitrogen and oxygen atoms in total. The summed E-state index contributed by atoms with van der Waals surface area (Å²) in [5.74, 6) is 0.576. The summed E-state index contributed by atoms with van der Waals surface area (Å²) in [4.78, 5) is 33.0. The molecular formula is C20H17N3O3S. The molecule has 0 fully saturated rings. The van der Waals surface area contributed by atoms with E-state index in [2.05, 4.69) is 4.98 Å². The van der Waals surface area contributed by atoms with Crippen LogP contribution in [0.4, 0.5) is 5.69 Å². The van der Waals surface area contributed by atoms with Crippen molar-refractivity contribution < 1.29 is 9.53 Å². The van der Waals surface area contributed by atoms with Crippen molar-refractivity contribution in [1.82, 2.24) is 9.38 Å². The van der Waals surface area contributed by atoms with Gasteiger partial charge in [0.2, 0.25) is 0 Å². The Labute approximate surface area is 159 Å². The van der Waals surface area contributed by atoms with Crippen LogP contribution in [0.5, 0.6) is 5.75 Å². The van der Waals surface area contributed by atoms with Crippen molar-refractivity contribution in [3.8, 4) is 5.75 Å². The third kappa shape index (κ3) is 2.96. The molecule has 0 aliphatic heterocycles. The normalized spacial score (nSPS) is 11.0. The number of carbonyl (C=O) groups excluding carboxylic acids is 1. The second-order valence-electron chi connectivity index (χ2n) is 5.92. The Kier molecular flexibility index (Phi) is 4.37. The number of carbonyl (C=O) groups is 1. The fourth-order valence-electron chi connectivity index (χ4n) is 2.99. The molecule has 27 heavy (non-hydrogen) atoms. The first-order valence-corrected chi connectivity index (χ1v) is 9.31. The molecule has 0 bridgehead atoms. The van der Waals surface area contributed by atoms with Gasteiger partial charge in [-0.25, -0.2) is 4.98 Å². The summed E-state index contributed by atoms with van der Waals surface area (Å²) >= 11 is 1.24. The fourth-order valence-corrected chi connectivity index (χ4v) is 3.97. The van der Waals surface area contributed by atoms with Crippen molar-refractivity contribution in [2.45, 2.75) is 6.92 Å². The number of benzene rings is 1. The molecule has 0 atom stereocenters. The van der Waals surface area contributed by atoms with Gasteiger partial charge in [0.1, 0.15) is 16.2 Å². The van der Waals surface area contributed by atoms with Crippen LogP contribution in [0.25, 0.3) is 15.9 Å². The Morgan fingerprint density at radius 1 is 1.22 bits per heavy atom. The minimum atomic E-state index is -0.168. The first-order valence-electron chi connectivity index (χ1n) is 8.49. The van der Waals surface area contributed by atoms with Crippen molar-refractivity contribution >= 4 is 38.8 Å². The molecule has 7 heteroatoms. The lowest BCUT2D eigenvalue weighted by Gasteiger charge is -2.20. The average molecular weight is 379 g/mol. The maximum atomic E-state index is 13.1. The largest absolute Gasteiger partial charge is 0.497 e. The molecule has 0 spiro atoms. The van der Waals surface area contributed by atoms with Gasteiger partial charge in [0.15, 0.2) is 0 Å². The topological polar surface area (TPSA) is 63.9 Å². The summed E-state index contributed by atoms with van der Waals surface area (Å²) in [5.41, 5.74) is 1.17. The lowest BCUT2D eigenvalue weighted by Crippen LogP contribution is -2.29. The molecule has 0 aliphatic carbocycles. The van der Waals surface area contributed by atoms with Crippen molar-refractivity contribution in [3.05, 3.63) is 70.0 Å². The predicted molar refractivity (Wildman–Crippen MR) is 107 cm³/mol. The Bertz CT molecular complexity index is 1190. The van der Waals surface area contributed by atoms with Gasteiger partial charge in [-0.3, -0.25) is 14.0 Å². The molecule has 3 aromatic heterocycles. The van der Waals surface area contributed by atoms with Crippen LogP contribution in [0.1, 0.15) is 16.6 Å². The third-order valence-corrected chi connectivity index (χ3v) is 5.39. The SMILES string of the molecule is CCN(C(=O)c1cc2c(=O)n3ccccc3nc2s1)c1ccc(OC)cc1. The number of aromatic nitrogens is 2. The first kappa shape index (κ1) is 17.2. The number of hydrogen-bond acceptors (Lipinski definition) is 5. The van der Waals surface area contributed by atoms with E-state index in [1.54, 1.807) is 36.4 Å². The van der Waals surface area contributed by atoms with Crippen LogP contribution in [-0.4, -0.2) is 28.9 Å². The molecule has 0 N–H and O–H groups in total. The highest BCUT2D eigenvalue weighted by atomic mass is 32.1. The molecule has 0 radical (unpaired) electrons. The molecule has 0 unspecified atom stereocenters. The Balaban J connectivity index is 1.77. The highest BCUT2D eigenvalue weighted by Crippen LogP contribution is 2.26. The molecule has 0 saturated heterocycles. The highest BCUT2D eigenvalue weighted by molar-refractivity contribution is 7.20. The lowest BCUT2D eigenvalue weighted by atomic mass is 10.2. The number of fused-ring (bicyclic) bond motifs is 2. The highest BCUT2D eigenvalue weighted by Gasteiger charge is 2.20. The standard InChI is InChI=1S/C20H17N3O3S/c1-3-22(13-7-9-14(26-2)10-8-13)20(25)16-12-15-18(27-16)21-17-6-4-5-11-23(17)19(15)24/h4-12H,3H2,1-2H3. The van der Waals surface area contributed by atoms with E-state index in [9.17, 15) is 9.59 Å². The summed E-state index contributed by atoms with van der Waals surface area (Å²) in [6, 6.07) is 14.3. The van der Waals surface area contributed by atoms with E-state index in [4.69, 9.17) is 4.74 Å². The zero-order valence-electron chi connectivity index (χ0n) is 14.9. The third-order valence-electron chi connectivity index (χ3n) is 4.37. The van der Waals surface area contributed by atoms with Crippen LogP contribution in [0.3, 0.4) is 0 Å². The van der Waals surface area contributed by atoms with Gasteiger partial charge in [0.05, 0.1) is 17.4 Å². The smallest absolute Gasteiger partial charge is 0.268 e. The van der Waals surface area contributed by atoms with Gasteiger partial charge in [-0.05, 0) is 49.4 Å². The number of methoxy groups -OCH3 is 1. The van der Waals surface area contributed by atoms with Gasteiger partial charge in [-0.2, -0.15) is 0 Å². The monoisotopic (exact) mass is 379 g/mol. The average Bonchev–Trinajstić information content (AvgIpc) is 3.13. The van der Waals surface area contributed by atoms with Crippen LogP contribution < -0.4 is 15.2 Å². The number of pyridine rings is 1. The number of rotatable bonds is 4. The molecule has 3 heterocycles. The Morgan fingerprint density at radius 3 is 2.70 bits per heavy atom. The quantitative estimate of drug-likeness (QED) is 0.544. The summed E-state index contributed by atoms with van der Waals surface area (Å²) in [6.45, 7) is 2.42. The van der Waals surface area contributed by atoms with Gasteiger partial charge in [0, 0.05) is 18.4 Å². The Morgan fingerprint density at radius 2 is 2.00 bits per heavy atom. The zero-order chi connectivity index (χ0) is 19.0. The van der Waals surface area contributed by atoms with E-state index in [-0.39, 0.29) is 11.5 Å². The van der Waals surface area contributed by atoms with Crippen LogP contribution in [-0.2, 0) is 0 Å². The fraction of sp³-hybridized carbons (Fsp3) is 0.150. The number of ether oxygens (including phenoxy) is 1. The predicted octanol–water partition coefficient (Wildman–Crippen LogP) is 3.58. The van der Waals surface area contributed by atoms with Crippen LogP contribution in [0.2, 0.25) is 0 Å². The minimum Gasteiger partial charge on any atom is -0.497 e. The summed E-state index contributed by atoms with van der Waals surface area (Å²) < 4.78 is 6.66. The van der Waals surface area contributed by atoms with Crippen molar-refractivity contribution in [1.29, 1.82) is 0 Å². The van der Waals surface area contributed by atoms with Gasteiger partial charge in [0.25, 0.3) is 11.5 Å². The van der Waals surface area contributed by atoms with Gasteiger partial charge < -0.3 is 9.64 Å². The van der Waals surface area contributed by atoms with Crippen molar-refractivity contribution in [2.75, 3.05) is 18.6 Å². The lowest BCUT2D eigenvalue weighted by molar-refractivity contribution is 0.0992. The van der Waals surface area contributed by atoms with Crippen LogP contribution in [0.15, 0.2) is 59.5 Å². The van der Waals surface area contributed by atoms with Crippen LogP contribution in [0, 0.1) is 0 Å². The zero-order valence-corrected chi connectivity index (χ0v) is 15.7. The van der Waals surface area contributed by atoms with Gasteiger partial charge in [-0.15, -0.1) is 11.3 Å². The van der Waals surface area contributed by atoms with Gasteiger partial charge >= 0.3 is 0 Å². The second-order valence-corrected chi connectivity index (χ2v) is 6.95. The van der Waals surface area contributed by atoms with Crippen LogP contribution >= 0.6 is 11.3 Å². The van der Waals surface area contributed by atoms with E-state index in [0.29, 0.717) is 27.3 Å². The van der Waals surface area contributed by atoms with E-state index in [1.807, 2.05) is 37.3 Å². The van der Waals surface area contributed by atoms with Crippen molar-refractivity contribution in [2.24, 2.45) is 0 Å². The number of amides is 1. The van der Waals surface area contributed by atoms with E-state index >= 15 is 0 Å². The summed E-state index contributed by atoms with van der Waals surface area (Å²) in [6.07, 6.45) is 1.68. The number of anilines is 1.